The van der Waals surface area contributed by atoms with E-state index in [4.69, 9.17) is 0 Å². The van der Waals surface area contributed by atoms with Crippen LogP contribution in [0.3, 0.4) is 0 Å². The number of piperidine rings is 3. The zero-order valence-electron chi connectivity index (χ0n) is 15.4. The van der Waals surface area contributed by atoms with Crippen molar-refractivity contribution >= 4 is 5.91 Å². The summed E-state index contributed by atoms with van der Waals surface area (Å²) < 4.78 is 2.00. The molecular formula is C17H32N6O+2. The summed E-state index contributed by atoms with van der Waals surface area (Å²) in [6, 6.07) is 0.791. The minimum Gasteiger partial charge on any atom is -0.353 e. The predicted octanol–water partition coefficient (Wildman–Crippen LogP) is -2.26. The molecule has 1 amide bonds. The number of fused-ring (bicyclic) bond motifs is 3. The van der Waals surface area contributed by atoms with E-state index in [0.717, 1.165) is 31.7 Å². The molecule has 4 atom stereocenters. The number of rotatable bonds is 6. The Morgan fingerprint density at radius 1 is 1.50 bits per heavy atom. The van der Waals surface area contributed by atoms with E-state index in [1.165, 1.54) is 17.9 Å². The highest BCUT2D eigenvalue weighted by Crippen LogP contribution is 2.27. The Morgan fingerprint density at radius 3 is 2.92 bits per heavy atom. The molecule has 1 aromatic heterocycles. The van der Waals surface area contributed by atoms with Crippen molar-refractivity contribution in [2.75, 3.05) is 27.2 Å². The Kier molecular flexibility index (Phi) is 5.20. The smallest absolute Gasteiger partial charge is 0.229 e. The lowest BCUT2D eigenvalue weighted by atomic mass is 9.75. The third-order valence-electron chi connectivity index (χ3n) is 5.35. The second kappa shape index (κ2) is 7.19. The van der Waals surface area contributed by atoms with Gasteiger partial charge in [0.15, 0.2) is 0 Å². The van der Waals surface area contributed by atoms with Crippen LogP contribution in [0.25, 0.3) is 0 Å². The summed E-state index contributed by atoms with van der Waals surface area (Å²) in [7, 11) is 4.24. The third-order valence-corrected chi connectivity index (χ3v) is 5.35. The first kappa shape index (κ1) is 17.4. The molecule has 0 radical (unpaired) electrons. The number of carbonyl (C=O) groups is 1. The highest BCUT2D eigenvalue weighted by atomic mass is 16.2. The van der Waals surface area contributed by atoms with E-state index in [-0.39, 0.29) is 17.9 Å². The van der Waals surface area contributed by atoms with Crippen LogP contribution in [0.5, 0.6) is 0 Å². The van der Waals surface area contributed by atoms with Crippen LogP contribution >= 0.6 is 0 Å². The van der Waals surface area contributed by atoms with Gasteiger partial charge in [0, 0.05) is 18.9 Å². The fourth-order valence-corrected chi connectivity index (χ4v) is 4.31. The van der Waals surface area contributed by atoms with Crippen molar-refractivity contribution in [1.82, 2.24) is 20.3 Å². The molecular weight excluding hydrogens is 304 g/mol. The first-order valence-corrected chi connectivity index (χ1v) is 9.25. The number of hydrogen-bond donors (Lipinski definition) is 3. The summed E-state index contributed by atoms with van der Waals surface area (Å²) in [5, 5.41) is 11.7. The van der Waals surface area contributed by atoms with Crippen LogP contribution in [0, 0.1) is 11.8 Å². The van der Waals surface area contributed by atoms with Crippen molar-refractivity contribution in [3.63, 3.8) is 0 Å². The zero-order chi connectivity index (χ0) is 17.3. The number of quaternary nitrogens is 2. The summed E-state index contributed by atoms with van der Waals surface area (Å²) in [6.45, 7) is 8.04. The largest absolute Gasteiger partial charge is 0.353 e. The molecule has 0 spiro atoms. The summed E-state index contributed by atoms with van der Waals surface area (Å²) in [5.74, 6) is 0.971. The van der Waals surface area contributed by atoms with Crippen LogP contribution in [0.4, 0.5) is 0 Å². The number of nitrogens with zero attached hydrogens (tertiary/aromatic N) is 3. The van der Waals surface area contributed by atoms with Crippen LogP contribution < -0.4 is 15.1 Å². The molecule has 3 saturated heterocycles. The quantitative estimate of drug-likeness (QED) is 0.549. The first-order chi connectivity index (χ1) is 11.4. The molecule has 0 aliphatic carbocycles. The molecule has 3 aliphatic rings. The Bertz CT molecular complexity index is 569. The Morgan fingerprint density at radius 2 is 2.29 bits per heavy atom. The molecule has 7 nitrogen and oxygen atoms in total. The lowest BCUT2D eigenvalue weighted by Crippen LogP contribution is -3.20. The van der Waals surface area contributed by atoms with Crippen LogP contribution in [0.1, 0.15) is 32.4 Å². The van der Waals surface area contributed by atoms with Gasteiger partial charge < -0.3 is 15.1 Å². The maximum Gasteiger partial charge on any atom is 0.229 e. The molecule has 1 aromatic rings. The third kappa shape index (κ3) is 3.95. The van der Waals surface area contributed by atoms with E-state index >= 15 is 0 Å². The lowest BCUT2D eigenvalue weighted by Gasteiger charge is -2.46. The van der Waals surface area contributed by atoms with Gasteiger partial charge in [-0.1, -0.05) is 5.21 Å². The number of aromatic nitrogens is 3. The molecule has 3 fully saturated rings. The Labute approximate surface area is 144 Å². The molecule has 0 aromatic carbocycles. The second-order valence-electron chi connectivity index (χ2n) is 8.18. The van der Waals surface area contributed by atoms with Gasteiger partial charge in [0.2, 0.25) is 5.91 Å². The van der Waals surface area contributed by atoms with E-state index in [2.05, 4.69) is 35.9 Å². The Hall–Kier alpha value is -1.47. The Balaban J connectivity index is 1.58. The molecule has 4 rings (SSSR count). The van der Waals surface area contributed by atoms with E-state index in [1.54, 1.807) is 4.90 Å². The maximum absolute atomic E-state index is 12.4. The minimum atomic E-state index is 0.191. The first-order valence-electron chi connectivity index (χ1n) is 9.25. The normalized spacial score (nSPS) is 29.4. The lowest BCUT2D eigenvalue weighted by molar-refractivity contribution is -0.945. The van der Waals surface area contributed by atoms with Crippen molar-refractivity contribution in [3.8, 4) is 0 Å². The van der Waals surface area contributed by atoms with Crippen molar-refractivity contribution in [2.45, 2.75) is 51.9 Å². The molecule has 7 heteroatoms. The maximum atomic E-state index is 12.4. The number of amides is 1. The average molecular weight is 336 g/mol. The molecule has 0 saturated carbocycles. The van der Waals surface area contributed by atoms with Gasteiger partial charge in [-0.05, 0) is 19.8 Å². The number of hydrogen-bond acceptors (Lipinski definition) is 3. The highest BCUT2D eigenvalue weighted by molar-refractivity contribution is 5.79. The molecule has 2 bridgehead atoms. The highest BCUT2D eigenvalue weighted by Gasteiger charge is 2.46. The van der Waals surface area contributed by atoms with Crippen LogP contribution in [-0.4, -0.2) is 60.2 Å². The standard InChI is InChI=1S/C17H30N6O/c1-12(2)18-17(24)16-11-22-6-5-13(16)7-15(22)10-23-9-14(19-20-23)8-21(3)4/h9,12-13,15-16H,5-8,10-11H2,1-4H3,(H,18,24)/p+2/t13-,15+,16-/m0/s1. The van der Waals surface area contributed by atoms with Gasteiger partial charge in [0.05, 0.1) is 45.8 Å². The van der Waals surface area contributed by atoms with Crippen molar-refractivity contribution in [1.29, 1.82) is 0 Å². The van der Waals surface area contributed by atoms with Gasteiger partial charge in [-0.25, -0.2) is 4.68 Å². The number of nitrogens with one attached hydrogen (secondary N) is 3. The van der Waals surface area contributed by atoms with Gasteiger partial charge in [0.25, 0.3) is 0 Å². The molecule has 134 valence electrons. The van der Waals surface area contributed by atoms with Gasteiger partial charge in [-0.15, -0.1) is 5.10 Å². The van der Waals surface area contributed by atoms with E-state index in [1.807, 2.05) is 18.5 Å². The predicted molar refractivity (Wildman–Crippen MR) is 90.5 cm³/mol. The van der Waals surface area contributed by atoms with Gasteiger partial charge >= 0.3 is 0 Å². The topological polar surface area (TPSA) is 68.7 Å². The number of carbonyl (C=O) groups excluding carboxylic acids is 1. The van der Waals surface area contributed by atoms with Gasteiger partial charge in [-0.3, -0.25) is 4.79 Å². The summed E-state index contributed by atoms with van der Waals surface area (Å²) in [6.07, 6.45) is 4.38. The van der Waals surface area contributed by atoms with Crippen molar-refractivity contribution < 1.29 is 14.6 Å². The monoisotopic (exact) mass is 336 g/mol. The fraction of sp³-hybridized carbons (Fsp3) is 0.824. The fourth-order valence-electron chi connectivity index (χ4n) is 4.31. The van der Waals surface area contributed by atoms with E-state index < -0.39 is 0 Å². The van der Waals surface area contributed by atoms with E-state index in [0.29, 0.717) is 12.0 Å². The SMILES string of the molecule is CC(C)NC(=O)[C@H]1C[NH+]2CC[C@H]1C[C@@H]2Cn1cc(C[NH+](C)C)nn1. The average Bonchev–Trinajstić information content (AvgIpc) is 2.93. The van der Waals surface area contributed by atoms with Crippen LogP contribution in [-0.2, 0) is 17.9 Å². The van der Waals surface area contributed by atoms with Crippen LogP contribution in [0.2, 0.25) is 0 Å². The molecule has 24 heavy (non-hydrogen) atoms. The minimum absolute atomic E-state index is 0.191. The summed E-state index contributed by atoms with van der Waals surface area (Å²) in [4.78, 5) is 15.3. The second-order valence-corrected chi connectivity index (χ2v) is 8.18. The van der Waals surface area contributed by atoms with Gasteiger partial charge in [-0.2, -0.15) is 0 Å². The van der Waals surface area contributed by atoms with Crippen molar-refractivity contribution in [2.24, 2.45) is 11.8 Å². The van der Waals surface area contributed by atoms with E-state index in [9.17, 15) is 4.79 Å². The summed E-state index contributed by atoms with van der Waals surface area (Å²) in [5.41, 5.74) is 1.05. The van der Waals surface area contributed by atoms with Crippen molar-refractivity contribution in [3.05, 3.63) is 11.9 Å². The molecule has 3 N–H and O–H groups in total. The zero-order valence-corrected chi connectivity index (χ0v) is 15.4. The molecule has 1 unspecified atom stereocenters. The van der Waals surface area contributed by atoms with Gasteiger partial charge in [0.1, 0.15) is 18.3 Å². The van der Waals surface area contributed by atoms with Crippen LogP contribution in [0.15, 0.2) is 6.20 Å². The summed E-state index contributed by atoms with van der Waals surface area (Å²) >= 11 is 0. The molecule has 4 heterocycles. The molecule has 3 aliphatic heterocycles.